The number of anilines is 1. The number of nitrogens with zero attached hydrogens (tertiary/aromatic N) is 1. The molecule has 2 atom stereocenters. The molecule has 1 heterocycles. The van der Waals surface area contributed by atoms with E-state index in [0.29, 0.717) is 30.6 Å². The van der Waals surface area contributed by atoms with Gasteiger partial charge in [-0.05, 0) is 30.0 Å². The van der Waals surface area contributed by atoms with Crippen LogP contribution in [0, 0.1) is 17.7 Å². The summed E-state index contributed by atoms with van der Waals surface area (Å²) in [4.78, 5) is 13.8. The van der Waals surface area contributed by atoms with Crippen LogP contribution < -0.4 is 5.73 Å². The van der Waals surface area contributed by atoms with Crippen LogP contribution >= 0.6 is 0 Å². The van der Waals surface area contributed by atoms with Crippen molar-refractivity contribution in [3.63, 3.8) is 0 Å². The van der Waals surface area contributed by atoms with E-state index >= 15 is 0 Å². The number of hydrogen-bond donors (Lipinski definition) is 1. The Morgan fingerprint density at radius 1 is 1.35 bits per heavy atom. The van der Waals surface area contributed by atoms with E-state index in [-0.39, 0.29) is 11.5 Å². The number of halogens is 1. The van der Waals surface area contributed by atoms with Crippen molar-refractivity contribution in [2.45, 2.75) is 13.8 Å². The molecule has 1 aliphatic heterocycles. The molecule has 0 radical (unpaired) electrons. The highest BCUT2D eigenvalue weighted by Crippen LogP contribution is 2.24. The summed E-state index contributed by atoms with van der Waals surface area (Å²) in [5.41, 5.74) is 6.07. The maximum absolute atomic E-state index is 13.6. The van der Waals surface area contributed by atoms with Gasteiger partial charge in [0.15, 0.2) is 0 Å². The van der Waals surface area contributed by atoms with Gasteiger partial charge in [0.2, 0.25) is 0 Å². The van der Waals surface area contributed by atoms with Gasteiger partial charge in [-0.15, -0.1) is 0 Å². The maximum Gasteiger partial charge on any atom is 0.256 e. The van der Waals surface area contributed by atoms with Crippen LogP contribution in [0.15, 0.2) is 18.2 Å². The molecule has 92 valence electrons. The van der Waals surface area contributed by atoms with Gasteiger partial charge >= 0.3 is 0 Å². The molecule has 0 bridgehead atoms. The van der Waals surface area contributed by atoms with Crippen LogP contribution in [0.25, 0.3) is 0 Å². The number of nitrogen functional groups attached to an aromatic ring is 1. The second-order valence-electron chi connectivity index (χ2n) is 4.90. The first-order valence-corrected chi connectivity index (χ1v) is 5.83. The van der Waals surface area contributed by atoms with Crippen LogP contribution in [0.1, 0.15) is 24.2 Å². The zero-order chi connectivity index (χ0) is 12.6. The number of rotatable bonds is 1. The Morgan fingerprint density at radius 2 is 1.94 bits per heavy atom. The van der Waals surface area contributed by atoms with E-state index in [0.717, 1.165) is 0 Å². The minimum Gasteiger partial charge on any atom is -0.399 e. The molecule has 1 fully saturated rings. The monoisotopic (exact) mass is 236 g/mol. The fraction of sp³-hybridized carbons (Fsp3) is 0.462. The second-order valence-corrected chi connectivity index (χ2v) is 4.90. The van der Waals surface area contributed by atoms with Crippen LogP contribution in [-0.4, -0.2) is 23.9 Å². The SMILES string of the molecule is CC1CN(C(=O)c2cc(N)ccc2F)CC1C. The third-order valence-corrected chi connectivity index (χ3v) is 3.50. The highest BCUT2D eigenvalue weighted by molar-refractivity contribution is 5.95. The van der Waals surface area contributed by atoms with Crippen LogP contribution in [0.2, 0.25) is 0 Å². The van der Waals surface area contributed by atoms with E-state index in [4.69, 9.17) is 5.73 Å². The molecule has 1 aromatic carbocycles. The summed E-state index contributed by atoms with van der Waals surface area (Å²) in [6.07, 6.45) is 0. The molecule has 1 saturated heterocycles. The average molecular weight is 236 g/mol. The fourth-order valence-electron chi connectivity index (χ4n) is 2.17. The van der Waals surface area contributed by atoms with E-state index in [9.17, 15) is 9.18 Å². The van der Waals surface area contributed by atoms with Gasteiger partial charge in [-0.1, -0.05) is 13.8 Å². The lowest BCUT2D eigenvalue weighted by Gasteiger charge is -2.16. The summed E-state index contributed by atoms with van der Waals surface area (Å²) in [5.74, 6) is 0.161. The van der Waals surface area contributed by atoms with Gasteiger partial charge in [0.25, 0.3) is 5.91 Å². The lowest BCUT2D eigenvalue weighted by molar-refractivity contribution is 0.0780. The molecule has 1 aliphatic rings. The first-order valence-electron chi connectivity index (χ1n) is 5.83. The Morgan fingerprint density at radius 3 is 2.53 bits per heavy atom. The summed E-state index contributed by atoms with van der Waals surface area (Å²) in [5, 5.41) is 0. The average Bonchev–Trinajstić information content (AvgIpc) is 2.62. The summed E-state index contributed by atoms with van der Waals surface area (Å²) >= 11 is 0. The Balaban J connectivity index is 2.23. The Bertz CT molecular complexity index is 437. The van der Waals surface area contributed by atoms with Crippen molar-refractivity contribution in [1.29, 1.82) is 0 Å². The summed E-state index contributed by atoms with van der Waals surface area (Å²) in [6, 6.07) is 4.11. The zero-order valence-corrected chi connectivity index (χ0v) is 10.1. The lowest BCUT2D eigenvalue weighted by atomic mass is 10.0. The molecule has 2 rings (SSSR count). The number of benzene rings is 1. The molecule has 3 nitrogen and oxygen atoms in total. The highest BCUT2D eigenvalue weighted by Gasteiger charge is 2.30. The summed E-state index contributed by atoms with van der Waals surface area (Å²) < 4.78 is 13.6. The van der Waals surface area contributed by atoms with Crippen molar-refractivity contribution in [2.24, 2.45) is 11.8 Å². The largest absolute Gasteiger partial charge is 0.399 e. The van der Waals surface area contributed by atoms with E-state index in [2.05, 4.69) is 13.8 Å². The number of carbonyl (C=O) groups is 1. The predicted octanol–water partition coefficient (Wildman–Crippen LogP) is 2.14. The second kappa shape index (κ2) is 4.35. The van der Waals surface area contributed by atoms with E-state index in [1.165, 1.54) is 18.2 Å². The Kier molecular flexibility index (Phi) is 3.05. The molecule has 1 amide bonds. The number of nitrogens with two attached hydrogens (primary N) is 1. The molecular formula is C13H17FN2O. The molecule has 4 heteroatoms. The Labute approximate surface area is 100 Å². The van der Waals surface area contributed by atoms with Crippen LogP contribution in [0.5, 0.6) is 0 Å². The van der Waals surface area contributed by atoms with Gasteiger partial charge in [0.1, 0.15) is 5.82 Å². The van der Waals surface area contributed by atoms with E-state index < -0.39 is 5.82 Å². The quantitative estimate of drug-likeness (QED) is 0.759. The van der Waals surface area contributed by atoms with Gasteiger partial charge in [-0.25, -0.2) is 4.39 Å². The molecular weight excluding hydrogens is 219 g/mol. The van der Waals surface area contributed by atoms with Gasteiger partial charge in [0.05, 0.1) is 5.56 Å². The third kappa shape index (κ3) is 2.25. The topological polar surface area (TPSA) is 46.3 Å². The Hall–Kier alpha value is -1.58. The minimum atomic E-state index is -0.503. The molecule has 2 N–H and O–H groups in total. The molecule has 0 aromatic heterocycles. The molecule has 1 aromatic rings. The van der Waals surface area contributed by atoms with Crippen molar-refractivity contribution in [1.82, 2.24) is 4.90 Å². The van der Waals surface area contributed by atoms with E-state index in [1.54, 1.807) is 4.90 Å². The zero-order valence-electron chi connectivity index (χ0n) is 10.1. The van der Waals surface area contributed by atoms with Gasteiger partial charge in [0, 0.05) is 18.8 Å². The van der Waals surface area contributed by atoms with Crippen molar-refractivity contribution in [2.75, 3.05) is 18.8 Å². The first kappa shape index (κ1) is 11.9. The molecule has 0 saturated carbocycles. The smallest absolute Gasteiger partial charge is 0.256 e. The fourth-order valence-corrected chi connectivity index (χ4v) is 2.17. The minimum absolute atomic E-state index is 0.0753. The lowest BCUT2D eigenvalue weighted by Crippen LogP contribution is -2.29. The number of likely N-dealkylation sites (tertiary alicyclic amines) is 1. The highest BCUT2D eigenvalue weighted by atomic mass is 19.1. The van der Waals surface area contributed by atoms with Gasteiger partial charge < -0.3 is 10.6 Å². The van der Waals surface area contributed by atoms with Crippen LogP contribution in [-0.2, 0) is 0 Å². The molecule has 0 spiro atoms. The summed E-state index contributed by atoms with van der Waals surface area (Å²) in [7, 11) is 0. The molecule has 17 heavy (non-hydrogen) atoms. The molecule has 0 aliphatic carbocycles. The maximum atomic E-state index is 13.6. The van der Waals surface area contributed by atoms with Gasteiger partial charge in [-0.3, -0.25) is 4.79 Å². The third-order valence-electron chi connectivity index (χ3n) is 3.50. The standard InChI is InChI=1S/C13H17FN2O/c1-8-6-16(7-9(8)2)13(17)11-5-10(15)3-4-12(11)14/h3-5,8-9H,6-7,15H2,1-2H3. The van der Waals surface area contributed by atoms with Crippen LogP contribution in [0.4, 0.5) is 10.1 Å². The van der Waals surface area contributed by atoms with E-state index in [1.807, 2.05) is 0 Å². The van der Waals surface area contributed by atoms with Crippen molar-refractivity contribution in [3.05, 3.63) is 29.6 Å². The predicted molar refractivity (Wildman–Crippen MR) is 65.0 cm³/mol. The van der Waals surface area contributed by atoms with Crippen molar-refractivity contribution < 1.29 is 9.18 Å². The number of amides is 1. The molecule has 2 unspecified atom stereocenters. The normalized spacial score (nSPS) is 24.1. The number of carbonyl (C=O) groups excluding carboxylic acids is 1. The van der Waals surface area contributed by atoms with Crippen molar-refractivity contribution >= 4 is 11.6 Å². The first-order chi connectivity index (χ1) is 7.99. The van der Waals surface area contributed by atoms with Crippen LogP contribution in [0.3, 0.4) is 0 Å². The number of hydrogen-bond acceptors (Lipinski definition) is 2. The summed E-state index contributed by atoms with van der Waals surface area (Å²) in [6.45, 7) is 5.59. The van der Waals surface area contributed by atoms with Gasteiger partial charge in [-0.2, -0.15) is 0 Å². The van der Waals surface area contributed by atoms with Crippen molar-refractivity contribution in [3.8, 4) is 0 Å².